The second kappa shape index (κ2) is 8.96. The largest absolute Gasteiger partial charge is 0.493 e. The van der Waals surface area contributed by atoms with Crippen LogP contribution in [0.2, 0.25) is 0 Å². The first-order chi connectivity index (χ1) is 15.3. The van der Waals surface area contributed by atoms with E-state index in [0.29, 0.717) is 24.8 Å². The van der Waals surface area contributed by atoms with Gasteiger partial charge in [0.2, 0.25) is 0 Å². The molecule has 0 aliphatic carbocycles. The van der Waals surface area contributed by atoms with Crippen LogP contribution < -0.4 is 14.8 Å². The van der Waals surface area contributed by atoms with Gasteiger partial charge in [0, 0.05) is 23.7 Å². The number of carbonyl (C=O) groups excluding carboxylic acids is 1. The third-order valence-corrected chi connectivity index (χ3v) is 6.49. The molecule has 166 valence electrons. The van der Waals surface area contributed by atoms with Crippen molar-refractivity contribution >= 4 is 21.6 Å². The SMILES string of the molecule is O=C(NCC1COc2ccccc2C1)c1ccc(NS(=O)(=O)c2ccc(F)c(F)c2)cc1. The molecule has 1 heterocycles. The maximum Gasteiger partial charge on any atom is 0.261 e. The Morgan fingerprint density at radius 1 is 1.00 bits per heavy atom. The Labute approximate surface area is 184 Å². The first-order valence-corrected chi connectivity index (χ1v) is 11.4. The summed E-state index contributed by atoms with van der Waals surface area (Å²) in [6, 6.07) is 15.9. The lowest BCUT2D eigenvalue weighted by atomic mass is 9.96. The molecule has 1 atom stereocenters. The Bertz CT molecular complexity index is 1250. The number of amides is 1. The molecule has 3 aromatic rings. The molecule has 1 unspecified atom stereocenters. The molecule has 0 saturated carbocycles. The van der Waals surface area contributed by atoms with E-state index < -0.39 is 26.6 Å². The summed E-state index contributed by atoms with van der Waals surface area (Å²) in [5.41, 5.74) is 1.65. The zero-order valence-corrected chi connectivity index (χ0v) is 17.7. The van der Waals surface area contributed by atoms with Crippen molar-refractivity contribution in [2.24, 2.45) is 5.92 Å². The van der Waals surface area contributed by atoms with Crippen LogP contribution in [0.5, 0.6) is 5.75 Å². The van der Waals surface area contributed by atoms with Gasteiger partial charge in [-0.25, -0.2) is 17.2 Å². The van der Waals surface area contributed by atoms with Gasteiger partial charge in [-0.2, -0.15) is 0 Å². The van der Waals surface area contributed by atoms with Crippen molar-refractivity contribution in [3.8, 4) is 5.75 Å². The molecule has 1 amide bonds. The number of para-hydroxylation sites is 1. The number of fused-ring (bicyclic) bond motifs is 1. The first-order valence-electron chi connectivity index (χ1n) is 9.89. The van der Waals surface area contributed by atoms with Gasteiger partial charge in [-0.1, -0.05) is 18.2 Å². The van der Waals surface area contributed by atoms with Gasteiger partial charge >= 0.3 is 0 Å². The van der Waals surface area contributed by atoms with Crippen molar-refractivity contribution in [2.75, 3.05) is 17.9 Å². The Balaban J connectivity index is 1.35. The van der Waals surface area contributed by atoms with Gasteiger partial charge in [-0.3, -0.25) is 9.52 Å². The van der Waals surface area contributed by atoms with Crippen LogP contribution >= 0.6 is 0 Å². The Hall–Kier alpha value is -3.46. The lowest BCUT2D eigenvalue weighted by Gasteiger charge is -2.25. The lowest BCUT2D eigenvalue weighted by molar-refractivity contribution is 0.0939. The summed E-state index contributed by atoms with van der Waals surface area (Å²) in [5.74, 6) is -1.67. The fourth-order valence-electron chi connectivity index (χ4n) is 3.41. The van der Waals surface area contributed by atoms with E-state index in [0.717, 1.165) is 29.9 Å². The van der Waals surface area contributed by atoms with Crippen LogP contribution in [-0.4, -0.2) is 27.5 Å². The molecule has 0 radical (unpaired) electrons. The highest BCUT2D eigenvalue weighted by molar-refractivity contribution is 7.92. The highest BCUT2D eigenvalue weighted by Gasteiger charge is 2.21. The molecule has 9 heteroatoms. The predicted molar refractivity (Wildman–Crippen MR) is 115 cm³/mol. The molecule has 0 spiro atoms. The second-order valence-corrected chi connectivity index (χ2v) is 9.14. The van der Waals surface area contributed by atoms with E-state index in [1.165, 1.54) is 24.3 Å². The van der Waals surface area contributed by atoms with Gasteiger partial charge in [0.25, 0.3) is 15.9 Å². The number of halogens is 2. The average Bonchev–Trinajstić information content (AvgIpc) is 2.79. The smallest absolute Gasteiger partial charge is 0.261 e. The summed E-state index contributed by atoms with van der Waals surface area (Å²) in [4.78, 5) is 12.0. The number of hydrogen-bond donors (Lipinski definition) is 2. The number of sulfonamides is 1. The first kappa shape index (κ1) is 21.8. The van der Waals surface area contributed by atoms with Crippen molar-refractivity contribution in [2.45, 2.75) is 11.3 Å². The summed E-state index contributed by atoms with van der Waals surface area (Å²) in [6.45, 7) is 0.958. The maximum absolute atomic E-state index is 13.4. The summed E-state index contributed by atoms with van der Waals surface area (Å²) >= 11 is 0. The molecule has 3 aromatic carbocycles. The maximum atomic E-state index is 13.4. The molecule has 0 bridgehead atoms. The predicted octanol–water partition coefficient (Wildman–Crippen LogP) is 3.75. The van der Waals surface area contributed by atoms with Gasteiger partial charge in [-0.15, -0.1) is 0 Å². The number of nitrogens with one attached hydrogen (secondary N) is 2. The van der Waals surface area contributed by atoms with E-state index in [-0.39, 0.29) is 17.5 Å². The van der Waals surface area contributed by atoms with Crippen LogP contribution in [0.1, 0.15) is 15.9 Å². The molecule has 0 saturated heterocycles. The van der Waals surface area contributed by atoms with Gasteiger partial charge in [0.15, 0.2) is 11.6 Å². The molecule has 4 rings (SSSR count). The quantitative estimate of drug-likeness (QED) is 0.589. The molecular weight excluding hydrogens is 438 g/mol. The van der Waals surface area contributed by atoms with Gasteiger partial charge in [0.05, 0.1) is 11.5 Å². The number of rotatable bonds is 6. The number of benzene rings is 3. The monoisotopic (exact) mass is 458 g/mol. The van der Waals surface area contributed by atoms with Crippen LogP contribution in [0.3, 0.4) is 0 Å². The van der Waals surface area contributed by atoms with E-state index in [1.807, 2.05) is 24.3 Å². The molecule has 32 heavy (non-hydrogen) atoms. The lowest BCUT2D eigenvalue weighted by Crippen LogP contribution is -2.34. The molecule has 1 aliphatic heterocycles. The number of hydrogen-bond acceptors (Lipinski definition) is 4. The van der Waals surface area contributed by atoms with Crippen LogP contribution in [0.4, 0.5) is 14.5 Å². The average molecular weight is 458 g/mol. The summed E-state index contributed by atoms with van der Waals surface area (Å²) in [7, 11) is -4.11. The van der Waals surface area contributed by atoms with Gasteiger partial charge in [-0.05, 0) is 60.5 Å². The van der Waals surface area contributed by atoms with E-state index in [2.05, 4.69) is 10.0 Å². The Morgan fingerprint density at radius 2 is 1.75 bits per heavy atom. The van der Waals surface area contributed by atoms with Crippen molar-refractivity contribution in [1.82, 2.24) is 5.32 Å². The number of ether oxygens (including phenoxy) is 1. The minimum Gasteiger partial charge on any atom is -0.493 e. The number of anilines is 1. The standard InChI is InChI=1S/C23H20F2N2O4S/c24-20-10-9-19(12-21(20)25)32(29,30)27-18-7-5-16(6-8-18)23(28)26-13-15-11-17-3-1-2-4-22(17)31-14-15/h1-10,12,15,27H,11,13-14H2,(H,26,28). The third kappa shape index (κ3) is 4.88. The van der Waals surface area contributed by atoms with Crippen LogP contribution in [0, 0.1) is 17.6 Å². The Morgan fingerprint density at radius 3 is 2.50 bits per heavy atom. The molecule has 0 fully saturated rings. The Kier molecular flexibility index (Phi) is 6.09. The zero-order valence-electron chi connectivity index (χ0n) is 16.8. The van der Waals surface area contributed by atoms with Crippen molar-refractivity contribution < 1.29 is 26.7 Å². The van der Waals surface area contributed by atoms with Gasteiger partial charge in [0.1, 0.15) is 5.75 Å². The fraction of sp³-hybridized carbons (Fsp3) is 0.174. The van der Waals surface area contributed by atoms with Crippen LogP contribution in [0.25, 0.3) is 0 Å². The van der Waals surface area contributed by atoms with Crippen molar-refractivity contribution in [1.29, 1.82) is 0 Å². The minimum absolute atomic E-state index is 0.149. The van der Waals surface area contributed by atoms with Gasteiger partial charge < -0.3 is 10.1 Å². The summed E-state index contributed by atoms with van der Waals surface area (Å²) < 4.78 is 59.1. The zero-order chi connectivity index (χ0) is 22.7. The summed E-state index contributed by atoms with van der Waals surface area (Å²) in [6.07, 6.45) is 0.807. The molecule has 6 nitrogen and oxygen atoms in total. The van der Waals surface area contributed by atoms with E-state index in [9.17, 15) is 22.0 Å². The van der Waals surface area contributed by atoms with Crippen LogP contribution in [-0.2, 0) is 16.4 Å². The fourth-order valence-corrected chi connectivity index (χ4v) is 4.48. The second-order valence-electron chi connectivity index (χ2n) is 7.46. The van der Waals surface area contributed by atoms with E-state index >= 15 is 0 Å². The molecular formula is C23H20F2N2O4S. The highest BCUT2D eigenvalue weighted by atomic mass is 32.2. The minimum atomic E-state index is -4.11. The highest BCUT2D eigenvalue weighted by Crippen LogP contribution is 2.26. The normalized spacial score (nSPS) is 15.4. The number of carbonyl (C=O) groups is 1. The third-order valence-electron chi connectivity index (χ3n) is 5.11. The summed E-state index contributed by atoms with van der Waals surface area (Å²) in [5, 5.41) is 2.87. The van der Waals surface area contributed by atoms with Crippen molar-refractivity contribution in [3.63, 3.8) is 0 Å². The van der Waals surface area contributed by atoms with E-state index in [1.54, 1.807) is 0 Å². The van der Waals surface area contributed by atoms with Crippen LogP contribution in [0.15, 0.2) is 71.6 Å². The van der Waals surface area contributed by atoms with E-state index in [4.69, 9.17) is 4.74 Å². The molecule has 0 aromatic heterocycles. The molecule has 2 N–H and O–H groups in total. The molecule has 1 aliphatic rings. The topological polar surface area (TPSA) is 84.5 Å². The van der Waals surface area contributed by atoms with Crippen molar-refractivity contribution in [3.05, 3.63) is 89.5 Å².